The maximum atomic E-state index is 12.5. The number of nitrogens with zero attached hydrogens (tertiary/aromatic N) is 1. The summed E-state index contributed by atoms with van der Waals surface area (Å²) in [5.74, 6) is -0.378. The summed E-state index contributed by atoms with van der Waals surface area (Å²) >= 11 is 6.14. The molecule has 7 heteroatoms. The SMILES string of the molecule is O=C(N[C@@H]1CCN(c2ccccc2Cl)C1=O)[C@@H]1CNCCO1. The van der Waals surface area contributed by atoms with Gasteiger partial charge in [-0.25, -0.2) is 0 Å². The second-order valence-electron chi connectivity index (χ2n) is 5.35. The van der Waals surface area contributed by atoms with Crippen LogP contribution in [0.2, 0.25) is 5.02 Å². The van der Waals surface area contributed by atoms with Crippen molar-refractivity contribution in [1.82, 2.24) is 10.6 Å². The highest BCUT2D eigenvalue weighted by Gasteiger charge is 2.36. The van der Waals surface area contributed by atoms with Crippen LogP contribution >= 0.6 is 11.6 Å². The van der Waals surface area contributed by atoms with E-state index >= 15 is 0 Å². The predicted molar refractivity (Wildman–Crippen MR) is 83.0 cm³/mol. The van der Waals surface area contributed by atoms with Crippen LogP contribution in [0.15, 0.2) is 24.3 Å². The minimum absolute atomic E-state index is 0.134. The summed E-state index contributed by atoms with van der Waals surface area (Å²) in [4.78, 5) is 26.2. The molecule has 0 radical (unpaired) electrons. The molecule has 0 bridgehead atoms. The number of hydrogen-bond acceptors (Lipinski definition) is 4. The Labute approximate surface area is 133 Å². The van der Waals surface area contributed by atoms with Crippen LogP contribution in [-0.2, 0) is 14.3 Å². The van der Waals surface area contributed by atoms with Crippen molar-refractivity contribution in [3.8, 4) is 0 Å². The predicted octanol–water partition coefficient (Wildman–Crippen LogP) is 0.550. The number of benzene rings is 1. The fourth-order valence-corrected chi connectivity index (χ4v) is 2.96. The second-order valence-corrected chi connectivity index (χ2v) is 5.76. The molecule has 2 N–H and O–H groups in total. The van der Waals surface area contributed by atoms with E-state index in [0.717, 1.165) is 6.54 Å². The van der Waals surface area contributed by atoms with Crippen LogP contribution in [-0.4, -0.2) is 50.2 Å². The molecule has 118 valence electrons. The number of nitrogens with one attached hydrogen (secondary N) is 2. The fourth-order valence-electron chi connectivity index (χ4n) is 2.72. The first-order valence-electron chi connectivity index (χ1n) is 7.35. The Morgan fingerprint density at radius 1 is 1.41 bits per heavy atom. The number of carbonyl (C=O) groups excluding carboxylic acids is 2. The Kier molecular flexibility index (Phi) is 4.61. The molecule has 2 heterocycles. The number of morpholine rings is 1. The number of rotatable bonds is 3. The van der Waals surface area contributed by atoms with Gasteiger partial charge in [0, 0.05) is 19.6 Å². The monoisotopic (exact) mass is 323 g/mol. The zero-order valence-electron chi connectivity index (χ0n) is 12.0. The summed E-state index contributed by atoms with van der Waals surface area (Å²) < 4.78 is 5.40. The summed E-state index contributed by atoms with van der Waals surface area (Å²) in [7, 11) is 0. The number of anilines is 1. The van der Waals surface area contributed by atoms with Gasteiger partial charge in [-0.15, -0.1) is 0 Å². The van der Waals surface area contributed by atoms with Crippen molar-refractivity contribution in [2.45, 2.75) is 18.6 Å². The molecule has 6 nitrogen and oxygen atoms in total. The van der Waals surface area contributed by atoms with E-state index in [2.05, 4.69) is 10.6 Å². The number of ether oxygens (including phenoxy) is 1. The van der Waals surface area contributed by atoms with Crippen molar-refractivity contribution in [1.29, 1.82) is 0 Å². The van der Waals surface area contributed by atoms with Crippen LogP contribution in [0.4, 0.5) is 5.69 Å². The lowest BCUT2D eigenvalue weighted by molar-refractivity contribution is -0.136. The minimum Gasteiger partial charge on any atom is -0.366 e. The van der Waals surface area contributed by atoms with Gasteiger partial charge in [-0.3, -0.25) is 9.59 Å². The first-order valence-corrected chi connectivity index (χ1v) is 7.73. The molecule has 2 saturated heterocycles. The normalized spacial score (nSPS) is 25.3. The number of amides is 2. The summed E-state index contributed by atoms with van der Waals surface area (Å²) in [5, 5.41) is 6.40. The van der Waals surface area contributed by atoms with Gasteiger partial charge in [0.05, 0.1) is 17.3 Å². The van der Waals surface area contributed by atoms with Crippen LogP contribution < -0.4 is 15.5 Å². The highest BCUT2D eigenvalue weighted by atomic mass is 35.5. The Balaban J connectivity index is 1.64. The average Bonchev–Trinajstić information content (AvgIpc) is 2.90. The summed E-state index contributed by atoms with van der Waals surface area (Å²) in [5.41, 5.74) is 0.682. The highest BCUT2D eigenvalue weighted by Crippen LogP contribution is 2.29. The summed E-state index contributed by atoms with van der Waals surface area (Å²) in [6, 6.07) is 6.69. The lowest BCUT2D eigenvalue weighted by Crippen LogP contribution is -2.51. The van der Waals surface area contributed by atoms with Crippen LogP contribution in [0.3, 0.4) is 0 Å². The van der Waals surface area contributed by atoms with Gasteiger partial charge in [-0.05, 0) is 18.6 Å². The van der Waals surface area contributed by atoms with E-state index in [1.807, 2.05) is 12.1 Å². The Bertz CT molecular complexity index is 575. The lowest BCUT2D eigenvalue weighted by atomic mass is 10.2. The zero-order valence-corrected chi connectivity index (χ0v) is 12.8. The van der Waals surface area contributed by atoms with Crippen molar-refractivity contribution in [3.63, 3.8) is 0 Å². The van der Waals surface area contributed by atoms with Gasteiger partial charge in [0.2, 0.25) is 5.91 Å². The van der Waals surface area contributed by atoms with Gasteiger partial charge >= 0.3 is 0 Å². The smallest absolute Gasteiger partial charge is 0.251 e. The molecule has 3 rings (SSSR count). The molecule has 22 heavy (non-hydrogen) atoms. The molecule has 0 aromatic heterocycles. The number of para-hydroxylation sites is 1. The third-order valence-corrected chi connectivity index (χ3v) is 4.20. The second kappa shape index (κ2) is 6.64. The molecule has 0 unspecified atom stereocenters. The Morgan fingerprint density at radius 2 is 2.23 bits per heavy atom. The molecule has 2 fully saturated rings. The molecule has 2 atom stereocenters. The van der Waals surface area contributed by atoms with Gasteiger partial charge in [-0.1, -0.05) is 23.7 Å². The van der Waals surface area contributed by atoms with Crippen molar-refractivity contribution in [2.75, 3.05) is 31.1 Å². The van der Waals surface area contributed by atoms with Gasteiger partial charge in [0.1, 0.15) is 12.1 Å². The molecule has 0 saturated carbocycles. The molecule has 1 aromatic rings. The Hall–Kier alpha value is -1.63. The van der Waals surface area contributed by atoms with Gasteiger partial charge in [0.15, 0.2) is 0 Å². The quantitative estimate of drug-likeness (QED) is 0.852. The molecule has 0 spiro atoms. The average molecular weight is 324 g/mol. The topological polar surface area (TPSA) is 70.7 Å². The van der Waals surface area contributed by atoms with Crippen LogP contribution in [0.25, 0.3) is 0 Å². The fraction of sp³-hybridized carbons (Fsp3) is 0.467. The summed E-state index contributed by atoms with van der Waals surface area (Å²) in [6.07, 6.45) is 0.0339. The van der Waals surface area contributed by atoms with Gasteiger partial charge < -0.3 is 20.3 Å². The molecule has 2 amide bonds. The van der Waals surface area contributed by atoms with Gasteiger partial charge in [-0.2, -0.15) is 0 Å². The van der Waals surface area contributed by atoms with Crippen molar-refractivity contribution < 1.29 is 14.3 Å². The molecule has 0 aliphatic carbocycles. The molecule has 2 aliphatic heterocycles. The maximum Gasteiger partial charge on any atom is 0.251 e. The lowest BCUT2D eigenvalue weighted by Gasteiger charge is -2.24. The third kappa shape index (κ3) is 3.09. The van der Waals surface area contributed by atoms with Crippen molar-refractivity contribution in [3.05, 3.63) is 29.3 Å². The number of halogens is 1. The van der Waals surface area contributed by atoms with Gasteiger partial charge in [0.25, 0.3) is 5.91 Å². The van der Waals surface area contributed by atoms with E-state index in [4.69, 9.17) is 16.3 Å². The van der Waals surface area contributed by atoms with E-state index in [1.54, 1.807) is 17.0 Å². The molecule has 1 aromatic carbocycles. The highest BCUT2D eigenvalue weighted by molar-refractivity contribution is 6.34. The van der Waals surface area contributed by atoms with Crippen LogP contribution in [0, 0.1) is 0 Å². The molecule has 2 aliphatic rings. The van der Waals surface area contributed by atoms with E-state index < -0.39 is 12.1 Å². The van der Waals surface area contributed by atoms with E-state index in [1.165, 1.54) is 0 Å². The van der Waals surface area contributed by atoms with E-state index in [0.29, 0.717) is 36.8 Å². The maximum absolute atomic E-state index is 12.5. The first-order chi connectivity index (χ1) is 10.7. The van der Waals surface area contributed by atoms with Crippen LogP contribution in [0.5, 0.6) is 0 Å². The molecular formula is C15H18ClN3O3. The van der Waals surface area contributed by atoms with Crippen molar-refractivity contribution in [2.24, 2.45) is 0 Å². The van der Waals surface area contributed by atoms with E-state index in [9.17, 15) is 9.59 Å². The van der Waals surface area contributed by atoms with Crippen molar-refractivity contribution >= 4 is 29.1 Å². The number of carbonyl (C=O) groups is 2. The van der Waals surface area contributed by atoms with Crippen LogP contribution in [0.1, 0.15) is 6.42 Å². The first kappa shape index (κ1) is 15.3. The largest absolute Gasteiger partial charge is 0.366 e. The van der Waals surface area contributed by atoms with E-state index in [-0.39, 0.29) is 11.8 Å². The number of hydrogen-bond donors (Lipinski definition) is 2. The standard InChI is InChI=1S/C15H18ClN3O3/c16-10-3-1-2-4-12(10)19-7-5-11(15(19)21)18-14(20)13-9-17-6-8-22-13/h1-4,11,13,17H,5-9H2,(H,18,20)/t11-,13+/m1/s1. The summed E-state index contributed by atoms with van der Waals surface area (Å²) in [6.45, 7) is 2.26. The minimum atomic E-state index is -0.532. The third-order valence-electron chi connectivity index (χ3n) is 3.89. The zero-order chi connectivity index (χ0) is 15.5. The Morgan fingerprint density at radius 3 is 2.95 bits per heavy atom. The molecular weight excluding hydrogens is 306 g/mol.